The Morgan fingerprint density at radius 3 is 3.14 bits per heavy atom. The minimum Gasteiger partial charge on any atom is -0.446 e. The molecule has 0 radical (unpaired) electrons. The Morgan fingerprint density at radius 2 is 2.38 bits per heavy atom. The molecule has 1 aliphatic heterocycles. The molecule has 21 heavy (non-hydrogen) atoms. The molecule has 2 aromatic rings. The fraction of sp³-hybridized carbons (Fsp3) is 0.333. The predicted molar refractivity (Wildman–Crippen MR) is 74.7 cm³/mol. The van der Waals surface area contributed by atoms with Crippen LogP contribution in [-0.4, -0.2) is 31.5 Å². The van der Waals surface area contributed by atoms with E-state index in [9.17, 15) is 4.79 Å². The molecule has 1 amide bonds. The Kier molecular flexibility index (Phi) is 3.87. The van der Waals surface area contributed by atoms with Gasteiger partial charge in [0.2, 0.25) is 0 Å². The standard InChI is InChI=1S/C15H16N2O4/c1-16-15(18)20-9-14-12-4-2-3-11(10(12)6-8-19-14)13-5-7-17-21-13/h2-5,7,14H,6,8-9H2,1H3,(H,16,18). The lowest BCUT2D eigenvalue weighted by molar-refractivity contribution is -0.00349. The number of rotatable bonds is 3. The first-order valence-corrected chi connectivity index (χ1v) is 6.78. The molecule has 1 aliphatic rings. The van der Waals surface area contributed by atoms with Gasteiger partial charge in [0.05, 0.1) is 12.8 Å². The van der Waals surface area contributed by atoms with Crippen LogP contribution in [0.5, 0.6) is 0 Å². The van der Waals surface area contributed by atoms with Crippen LogP contribution in [-0.2, 0) is 15.9 Å². The van der Waals surface area contributed by atoms with Gasteiger partial charge in [-0.25, -0.2) is 4.79 Å². The van der Waals surface area contributed by atoms with Crippen LogP contribution in [0.1, 0.15) is 17.2 Å². The Bertz CT molecular complexity index is 625. The van der Waals surface area contributed by atoms with Gasteiger partial charge in [-0.05, 0) is 17.5 Å². The van der Waals surface area contributed by atoms with Gasteiger partial charge in [0, 0.05) is 18.7 Å². The van der Waals surface area contributed by atoms with Gasteiger partial charge < -0.3 is 19.3 Å². The first-order chi connectivity index (χ1) is 10.3. The summed E-state index contributed by atoms with van der Waals surface area (Å²) in [5.74, 6) is 0.736. The van der Waals surface area contributed by atoms with Crippen LogP contribution in [0.15, 0.2) is 35.0 Å². The lowest BCUT2D eigenvalue weighted by atomic mass is 9.92. The largest absolute Gasteiger partial charge is 0.446 e. The first kappa shape index (κ1) is 13.6. The fourth-order valence-corrected chi connectivity index (χ4v) is 2.53. The van der Waals surface area contributed by atoms with Crippen LogP contribution in [0.25, 0.3) is 11.3 Å². The van der Waals surface area contributed by atoms with E-state index < -0.39 is 6.09 Å². The highest BCUT2D eigenvalue weighted by Gasteiger charge is 2.25. The minimum atomic E-state index is -0.461. The van der Waals surface area contributed by atoms with Crippen molar-refractivity contribution in [2.24, 2.45) is 0 Å². The molecule has 0 aliphatic carbocycles. The van der Waals surface area contributed by atoms with Crippen LogP contribution >= 0.6 is 0 Å². The summed E-state index contributed by atoms with van der Waals surface area (Å²) in [6.45, 7) is 0.770. The van der Waals surface area contributed by atoms with Gasteiger partial charge >= 0.3 is 6.09 Å². The van der Waals surface area contributed by atoms with Gasteiger partial charge in [-0.2, -0.15) is 0 Å². The number of fused-ring (bicyclic) bond motifs is 1. The number of aromatic nitrogens is 1. The lowest BCUT2D eigenvalue weighted by Gasteiger charge is -2.27. The highest BCUT2D eigenvalue weighted by Crippen LogP contribution is 2.34. The Labute approximate surface area is 122 Å². The van der Waals surface area contributed by atoms with Gasteiger partial charge in [-0.15, -0.1) is 0 Å². The maximum Gasteiger partial charge on any atom is 0.406 e. The maximum absolute atomic E-state index is 11.2. The zero-order valence-corrected chi connectivity index (χ0v) is 11.7. The molecule has 6 nitrogen and oxygen atoms in total. The average molecular weight is 288 g/mol. The highest BCUT2D eigenvalue weighted by atomic mass is 16.6. The summed E-state index contributed by atoms with van der Waals surface area (Å²) in [7, 11) is 1.53. The smallest absolute Gasteiger partial charge is 0.406 e. The average Bonchev–Trinajstić information content (AvgIpc) is 3.06. The Morgan fingerprint density at radius 1 is 1.48 bits per heavy atom. The summed E-state index contributed by atoms with van der Waals surface area (Å²) < 4.78 is 16.1. The van der Waals surface area contributed by atoms with Gasteiger partial charge in [0.25, 0.3) is 0 Å². The zero-order chi connectivity index (χ0) is 14.7. The molecule has 0 saturated heterocycles. The number of carbonyl (C=O) groups excluding carboxylic acids is 1. The number of benzene rings is 1. The highest BCUT2D eigenvalue weighted by molar-refractivity contribution is 5.67. The molecule has 0 spiro atoms. The second-order valence-electron chi connectivity index (χ2n) is 4.71. The summed E-state index contributed by atoms with van der Waals surface area (Å²) in [5, 5.41) is 6.18. The van der Waals surface area contributed by atoms with E-state index in [1.165, 1.54) is 7.05 Å². The Balaban J connectivity index is 1.88. The van der Waals surface area contributed by atoms with Crippen LogP contribution in [0.3, 0.4) is 0 Å². The zero-order valence-electron chi connectivity index (χ0n) is 11.7. The van der Waals surface area contributed by atoms with Crippen LogP contribution < -0.4 is 5.32 Å². The first-order valence-electron chi connectivity index (χ1n) is 6.78. The molecule has 3 rings (SSSR count). The van der Waals surface area contributed by atoms with Crippen molar-refractivity contribution in [3.05, 3.63) is 41.6 Å². The molecule has 0 saturated carbocycles. The molecular formula is C15H16N2O4. The third-order valence-corrected chi connectivity index (χ3v) is 3.50. The molecule has 1 aromatic carbocycles. The SMILES string of the molecule is CNC(=O)OCC1OCCc2c(-c3ccno3)cccc21. The van der Waals surface area contributed by atoms with E-state index in [2.05, 4.69) is 10.5 Å². The number of carbonyl (C=O) groups is 1. The van der Waals surface area contributed by atoms with E-state index in [1.807, 2.05) is 24.3 Å². The maximum atomic E-state index is 11.2. The third kappa shape index (κ3) is 2.75. The number of amides is 1. The summed E-state index contributed by atoms with van der Waals surface area (Å²) >= 11 is 0. The summed E-state index contributed by atoms with van der Waals surface area (Å²) in [6.07, 6.45) is 1.70. The molecule has 110 valence electrons. The van der Waals surface area contributed by atoms with E-state index in [0.29, 0.717) is 6.61 Å². The number of hydrogen-bond acceptors (Lipinski definition) is 5. The second-order valence-corrected chi connectivity index (χ2v) is 4.71. The van der Waals surface area contributed by atoms with E-state index >= 15 is 0 Å². The molecule has 1 N–H and O–H groups in total. The topological polar surface area (TPSA) is 73.6 Å². The normalized spacial score (nSPS) is 17.1. The van der Waals surface area contributed by atoms with E-state index in [0.717, 1.165) is 28.9 Å². The number of hydrogen-bond donors (Lipinski definition) is 1. The molecular weight excluding hydrogens is 272 g/mol. The van der Waals surface area contributed by atoms with Crippen molar-refractivity contribution >= 4 is 6.09 Å². The van der Waals surface area contributed by atoms with Gasteiger partial charge in [0.15, 0.2) is 5.76 Å². The number of nitrogens with one attached hydrogen (secondary N) is 1. The van der Waals surface area contributed by atoms with Crippen LogP contribution in [0.4, 0.5) is 4.79 Å². The van der Waals surface area contributed by atoms with E-state index in [1.54, 1.807) is 6.20 Å². The van der Waals surface area contributed by atoms with Crippen molar-refractivity contribution in [2.75, 3.05) is 20.3 Å². The molecule has 1 unspecified atom stereocenters. The number of ether oxygens (including phenoxy) is 2. The van der Waals surface area contributed by atoms with Gasteiger partial charge in [-0.1, -0.05) is 23.4 Å². The van der Waals surface area contributed by atoms with E-state index in [-0.39, 0.29) is 12.7 Å². The predicted octanol–water partition coefficient (Wildman–Crippen LogP) is 2.31. The summed E-state index contributed by atoms with van der Waals surface area (Å²) in [5.41, 5.74) is 3.20. The summed E-state index contributed by atoms with van der Waals surface area (Å²) in [4.78, 5) is 11.2. The van der Waals surface area contributed by atoms with Gasteiger partial charge in [-0.3, -0.25) is 0 Å². The van der Waals surface area contributed by atoms with Crippen LogP contribution in [0.2, 0.25) is 0 Å². The van der Waals surface area contributed by atoms with E-state index in [4.69, 9.17) is 14.0 Å². The fourth-order valence-electron chi connectivity index (χ4n) is 2.53. The third-order valence-electron chi connectivity index (χ3n) is 3.50. The second kappa shape index (κ2) is 5.97. The molecule has 1 atom stereocenters. The van der Waals surface area contributed by atoms with Crippen molar-refractivity contribution in [1.82, 2.24) is 10.5 Å². The van der Waals surface area contributed by atoms with Crippen molar-refractivity contribution in [3.8, 4) is 11.3 Å². The monoisotopic (exact) mass is 288 g/mol. The molecule has 0 bridgehead atoms. The number of nitrogens with zero attached hydrogens (tertiary/aromatic N) is 1. The molecule has 6 heteroatoms. The van der Waals surface area contributed by atoms with Crippen molar-refractivity contribution in [2.45, 2.75) is 12.5 Å². The molecule has 2 heterocycles. The molecule has 0 fully saturated rings. The van der Waals surface area contributed by atoms with Crippen molar-refractivity contribution in [3.63, 3.8) is 0 Å². The quantitative estimate of drug-likeness (QED) is 0.938. The lowest BCUT2D eigenvalue weighted by Crippen LogP contribution is -2.26. The number of alkyl carbamates (subject to hydrolysis) is 1. The van der Waals surface area contributed by atoms with Crippen molar-refractivity contribution < 1.29 is 18.8 Å². The van der Waals surface area contributed by atoms with Crippen LogP contribution in [0, 0.1) is 0 Å². The van der Waals surface area contributed by atoms with Gasteiger partial charge in [0.1, 0.15) is 12.7 Å². The van der Waals surface area contributed by atoms with Crippen molar-refractivity contribution in [1.29, 1.82) is 0 Å². The molecule has 1 aromatic heterocycles. The Hall–Kier alpha value is -2.34. The summed E-state index contributed by atoms with van der Waals surface area (Å²) in [6, 6.07) is 7.77. The minimum absolute atomic E-state index is 0.187.